The van der Waals surface area contributed by atoms with Crippen LogP contribution in [0.4, 0.5) is 8.78 Å². The Bertz CT molecular complexity index is 70.9. The van der Waals surface area contributed by atoms with Gasteiger partial charge in [0.25, 0.3) is 0 Å². The highest BCUT2D eigenvalue weighted by molar-refractivity contribution is 4.83. The van der Waals surface area contributed by atoms with E-state index in [9.17, 15) is 8.78 Å². The second-order valence-corrected chi connectivity index (χ2v) is 1.60. The first-order valence-electron chi connectivity index (χ1n) is 2.63. The zero-order valence-electron chi connectivity index (χ0n) is 4.90. The summed E-state index contributed by atoms with van der Waals surface area (Å²) >= 11 is 0. The maximum absolute atomic E-state index is 12.1. The van der Waals surface area contributed by atoms with Gasteiger partial charge in [-0.2, -0.15) is 0 Å². The summed E-state index contributed by atoms with van der Waals surface area (Å²) in [5.74, 6) is 0. The van der Waals surface area contributed by atoms with Crippen molar-refractivity contribution in [3.05, 3.63) is 12.7 Å². The lowest BCUT2D eigenvalue weighted by Crippen LogP contribution is -2.12. The first kappa shape index (κ1) is 7.60. The molecule has 0 aliphatic heterocycles. The summed E-state index contributed by atoms with van der Waals surface area (Å²) in [6.07, 6.45) is -1.66. The van der Waals surface area contributed by atoms with Gasteiger partial charge in [0.05, 0.1) is 0 Å². The Morgan fingerprint density at radius 3 is 2.25 bits per heavy atom. The zero-order chi connectivity index (χ0) is 6.57. The number of halogens is 2. The van der Waals surface area contributed by atoms with E-state index >= 15 is 0 Å². The van der Waals surface area contributed by atoms with E-state index in [1.165, 1.54) is 0 Å². The van der Waals surface area contributed by atoms with Crippen LogP contribution >= 0.6 is 0 Å². The summed E-state index contributed by atoms with van der Waals surface area (Å²) in [6, 6.07) is 0. The maximum atomic E-state index is 12.1. The molecule has 0 bridgehead atoms. The lowest BCUT2D eigenvalue weighted by molar-refractivity contribution is 0.200. The van der Waals surface area contributed by atoms with Crippen molar-refractivity contribution in [2.75, 3.05) is 0 Å². The van der Waals surface area contributed by atoms with Crippen LogP contribution in [-0.2, 0) is 0 Å². The predicted molar refractivity (Wildman–Crippen MR) is 30.3 cm³/mol. The average molecular weight is 120 g/mol. The van der Waals surface area contributed by atoms with Crippen LogP contribution in [0.3, 0.4) is 0 Å². The third-order valence-electron chi connectivity index (χ3n) is 0.961. The van der Waals surface area contributed by atoms with Crippen LogP contribution in [0.15, 0.2) is 12.7 Å². The van der Waals surface area contributed by atoms with Gasteiger partial charge in [-0.25, -0.2) is 8.78 Å². The lowest BCUT2D eigenvalue weighted by Gasteiger charge is -2.04. The lowest BCUT2D eigenvalue weighted by atomic mass is 10.2. The quantitative estimate of drug-likeness (QED) is 0.501. The van der Waals surface area contributed by atoms with E-state index in [0.29, 0.717) is 0 Å². The van der Waals surface area contributed by atoms with Crippen molar-refractivity contribution in [3.8, 4) is 0 Å². The molecule has 0 aliphatic carbocycles. The van der Waals surface area contributed by atoms with Gasteiger partial charge in [-0.15, -0.1) is 6.58 Å². The van der Waals surface area contributed by atoms with Crippen LogP contribution in [0.1, 0.15) is 13.3 Å². The number of alkyl halides is 2. The Morgan fingerprint density at radius 2 is 2.12 bits per heavy atom. The molecule has 0 fully saturated rings. The smallest absolute Gasteiger partial charge is 0.149 e. The predicted octanol–water partition coefficient (Wildman–Crippen LogP) is 2.26. The summed E-state index contributed by atoms with van der Waals surface area (Å²) in [7, 11) is 0. The fraction of sp³-hybridized carbons (Fsp3) is 0.667. The first-order valence-corrected chi connectivity index (χ1v) is 2.63. The van der Waals surface area contributed by atoms with Gasteiger partial charge in [0, 0.05) is 0 Å². The molecule has 0 aliphatic rings. The number of hydrogen-bond acceptors (Lipinski definition) is 0. The molecular weight excluding hydrogens is 110 g/mol. The molecule has 48 valence electrons. The molecule has 0 radical (unpaired) electrons. The maximum Gasteiger partial charge on any atom is 0.149 e. The van der Waals surface area contributed by atoms with Crippen LogP contribution in [0, 0.1) is 0 Å². The third kappa shape index (κ3) is 2.05. The number of rotatable bonds is 3. The molecule has 0 rings (SSSR count). The third-order valence-corrected chi connectivity index (χ3v) is 0.961. The van der Waals surface area contributed by atoms with Gasteiger partial charge in [0.15, 0.2) is 0 Å². The summed E-state index contributed by atoms with van der Waals surface area (Å²) in [5.41, 5.74) is 0. The van der Waals surface area contributed by atoms with E-state index < -0.39 is 12.3 Å². The molecule has 0 saturated heterocycles. The van der Waals surface area contributed by atoms with Gasteiger partial charge in [-0.05, 0) is 6.42 Å². The molecule has 0 nitrogen and oxygen atoms in total. The van der Waals surface area contributed by atoms with Crippen molar-refractivity contribution in [2.24, 2.45) is 0 Å². The minimum atomic E-state index is -1.49. The van der Waals surface area contributed by atoms with E-state index in [1.807, 2.05) is 0 Å². The van der Waals surface area contributed by atoms with Crippen molar-refractivity contribution in [3.63, 3.8) is 0 Å². The average Bonchev–Trinajstić information content (AvgIpc) is 1.84. The monoisotopic (exact) mass is 120 g/mol. The minimum absolute atomic E-state index is 0.215. The van der Waals surface area contributed by atoms with Crippen molar-refractivity contribution in [1.82, 2.24) is 0 Å². The molecule has 0 spiro atoms. The normalized spacial score (nSPS) is 17.4. The Balaban J connectivity index is 3.44. The Hall–Kier alpha value is -0.400. The van der Waals surface area contributed by atoms with Crippen LogP contribution < -0.4 is 0 Å². The zero-order valence-corrected chi connectivity index (χ0v) is 4.90. The molecule has 0 aromatic carbocycles. The first-order chi connectivity index (χ1) is 3.72. The van der Waals surface area contributed by atoms with E-state index in [-0.39, 0.29) is 6.42 Å². The van der Waals surface area contributed by atoms with Gasteiger partial charge in [-0.3, -0.25) is 0 Å². The molecule has 8 heavy (non-hydrogen) atoms. The Morgan fingerprint density at radius 1 is 1.62 bits per heavy atom. The molecule has 0 aromatic rings. The summed E-state index contributed by atoms with van der Waals surface area (Å²) in [6.45, 7) is 4.71. The van der Waals surface area contributed by atoms with E-state index in [2.05, 4.69) is 6.58 Å². The fourth-order valence-electron chi connectivity index (χ4n) is 0.373. The Labute approximate surface area is 48.2 Å². The summed E-state index contributed by atoms with van der Waals surface area (Å²) in [4.78, 5) is 0. The fourth-order valence-corrected chi connectivity index (χ4v) is 0.373. The van der Waals surface area contributed by atoms with Crippen molar-refractivity contribution < 1.29 is 8.78 Å². The van der Waals surface area contributed by atoms with Crippen LogP contribution in [-0.4, -0.2) is 12.3 Å². The number of allylic oxidation sites excluding steroid dienone is 1. The summed E-state index contributed by atoms with van der Waals surface area (Å²) in [5, 5.41) is 0. The molecule has 0 unspecified atom stereocenters. The topological polar surface area (TPSA) is 0 Å². The highest BCUT2D eigenvalue weighted by Gasteiger charge is 2.12. The number of hydrogen-bond donors (Lipinski definition) is 0. The highest BCUT2D eigenvalue weighted by Crippen LogP contribution is 2.07. The molecule has 2 heteroatoms. The van der Waals surface area contributed by atoms with E-state index in [0.717, 1.165) is 6.08 Å². The van der Waals surface area contributed by atoms with E-state index in [4.69, 9.17) is 0 Å². The van der Waals surface area contributed by atoms with Gasteiger partial charge in [0.1, 0.15) is 12.3 Å². The van der Waals surface area contributed by atoms with Crippen molar-refractivity contribution in [2.45, 2.75) is 25.7 Å². The van der Waals surface area contributed by atoms with Gasteiger partial charge >= 0.3 is 0 Å². The molecule has 0 amide bonds. The molecular formula is C6H10F2. The van der Waals surface area contributed by atoms with Crippen LogP contribution in [0.2, 0.25) is 0 Å². The summed E-state index contributed by atoms with van der Waals surface area (Å²) < 4.78 is 24.1. The van der Waals surface area contributed by atoms with Crippen LogP contribution in [0.5, 0.6) is 0 Å². The molecule has 0 N–H and O–H groups in total. The van der Waals surface area contributed by atoms with Gasteiger partial charge in [-0.1, -0.05) is 13.0 Å². The second kappa shape index (κ2) is 3.58. The van der Waals surface area contributed by atoms with Crippen LogP contribution in [0.25, 0.3) is 0 Å². The standard InChI is InChI=1S/C6H10F2/c1-3-5(7)6(8)4-2/h3,5-6H,1,4H2,2H3/t5-,6+/m0/s1. The second-order valence-electron chi connectivity index (χ2n) is 1.60. The van der Waals surface area contributed by atoms with Crippen molar-refractivity contribution in [1.29, 1.82) is 0 Å². The molecule has 0 heterocycles. The largest absolute Gasteiger partial charge is 0.244 e. The molecule has 2 atom stereocenters. The van der Waals surface area contributed by atoms with Crippen molar-refractivity contribution >= 4 is 0 Å². The van der Waals surface area contributed by atoms with E-state index in [1.54, 1.807) is 6.92 Å². The minimum Gasteiger partial charge on any atom is -0.244 e. The molecule has 0 saturated carbocycles. The highest BCUT2D eigenvalue weighted by atomic mass is 19.2. The van der Waals surface area contributed by atoms with Gasteiger partial charge in [0.2, 0.25) is 0 Å². The SMILES string of the molecule is C=C[C@H](F)[C@H](F)CC. The van der Waals surface area contributed by atoms with Gasteiger partial charge < -0.3 is 0 Å². The Kier molecular flexibility index (Phi) is 3.40. The molecule has 0 aromatic heterocycles.